The predicted molar refractivity (Wildman–Crippen MR) is 148 cm³/mol. The first kappa shape index (κ1) is 27.5. The number of benzene rings is 2. The highest BCUT2D eigenvalue weighted by molar-refractivity contribution is 5.98. The maximum absolute atomic E-state index is 14.1. The van der Waals surface area contributed by atoms with Crippen molar-refractivity contribution in [2.75, 3.05) is 26.2 Å². The van der Waals surface area contributed by atoms with Crippen LogP contribution < -0.4 is 10.1 Å². The van der Waals surface area contributed by atoms with E-state index in [-0.39, 0.29) is 30.3 Å². The zero-order valence-electron chi connectivity index (χ0n) is 22.0. The smallest absolute Gasteiger partial charge is 0.307 e. The number of carbonyl (C=O) groups is 3. The number of amides is 2. The second kappa shape index (κ2) is 11.6. The van der Waals surface area contributed by atoms with E-state index in [2.05, 4.69) is 11.4 Å². The quantitative estimate of drug-likeness (QED) is 0.564. The number of hydrogen-bond donors (Lipinski definition) is 2. The Morgan fingerprint density at radius 2 is 1.77 bits per heavy atom. The van der Waals surface area contributed by atoms with Gasteiger partial charge in [-0.05, 0) is 55.5 Å². The minimum Gasteiger partial charge on any atom is -0.489 e. The highest BCUT2D eigenvalue weighted by Gasteiger charge is 2.43. The van der Waals surface area contributed by atoms with Crippen LogP contribution in [0.2, 0.25) is 0 Å². The molecule has 4 atom stereocenters. The van der Waals surface area contributed by atoms with Crippen molar-refractivity contribution in [2.45, 2.75) is 57.2 Å². The maximum Gasteiger partial charge on any atom is 0.307 e. The van der Waals surface area contributed by atoms with Gasteiger partial charge in [-0.1, -0.05) is 43.2 Å². The van der Waals surface area contributed by atoms with Gasteiger partial charge in [0.2, 0.25) is 5.91 Å². The molecule has 1 aliphatic carbocycles. The summed E-state index contributed by atoms with van der Waals surface area (Å²) in [7, 11) is 0. The molecule has 1 saturated heterocycles. The van der Waals surface area contributed by atoms with E-state index in [9.17, 15) is 19.5 Å². The molecule has 8 nitrogen and oxygen atoms in total. The summed E-state index contributed by atoms with van der Waals surface area (Å²) in [6, 6.07) is 13.3. The number of nitrogens with one attached hydrogen (secondary N) is 1. The molecule has 9 heteroatoms. The molecule has 4 aliphatic rings. The average Bonchev–Trinajstić information content (AvgIpc) is 3.56. The van der Waals surface area contributed by atoms with Crippen molar-refractivity contribution in [1.82, 2.24) is 15.1 Å². The summed E-state index contributed by atoms with van der Waals surface area (Å²) in [6.45, 7) is 3.04. The first-order chi connectivity index (χ1) is 18.5. The van der Waals surface area contributed by atoms with E-state index < -0.39 is 23.8 Å². The lowest BCUT2D eigenvalue weighted by Gasteiger charge is -2.43. The summed E-state index contributed by atoms with van der Waals surface area (Å²) in [4.78, 5) is 43.3. The monoisotopic (exact) mass is 553 g/mol. The van der Waals surface area contributed by atoms with Crippen LogP contribution in [-0.4, -0.2) is 65.0 Å². The fourth-order valence-corrected chi connectivity index (χ4v) is 6.81. The predicted octanol–water partition coefficient (Wildman–Crippen LogP) is 3.82. The molecular formula is C30H36ClN3O5. The number of ether oxygens (including phenoxy) is 1. The van der Waals surface area contributed by atoms with Gasteiger partial charge in [-0.2, -0.15) is 0 Å². The van der Waals surface area contributed by atoms with E-state index in [0.29, 0.717) is 44.5 Å². The number of carbonyl (C=O) groups excluding carboxylic acids is 2. The molecule has 1 saturated carbocycles. The topological polar surface area (TPSA) is 99.2 Å². The van der Waals surface area contributed by atoms with Crippen LogP contribution in [0.4, 0.5) is 0 Å². The molecule has 0 spiro atoms. The Hall–Kier alpha value is -3.10. The Morgan fingerprint density at radius 1 is 1.00 bits per heavy atom. The molecule has 0 aromatic heterocycles. The molecule has 0 bridgehead atoms. The Kier molecular flexibility index (Phi) is 8.14. The van der Waals surface area contributed by atoms with Crippen LogP contribution in [-0.2, 0) is 22.6 Å². The molecule has 2 N–H and O–H groups in total. The molecule has 2 aromatic rings. The van der Waals surface area contributed by atoms with Crippen LogP contribution in [0.5, 0.6) is 5.75 Å². The van der Waals surface area contributed by atoms with Gasteiger partial charge >= 0.3 is 5.97 Å². The van der Waals surface area contributed by atoms with E-state index >= 15 is 0 Å². The minimum atomic E-state index is -0.889. The van der Waals surface area contributed by atoms with Crippen molar-refractivity contribution in [3.63, 3.8) is 0 Å². The molecule has 39 heavy (non-hydrogen) atoms. The number of halogens is 1. The van der Waals surface area contributed by atoms with E-state index in [1.165, 1.54) is 0 Å². The number of aliphatic carboxylic acids is 1. The fraction of sp³-hybridized carbons (Fsp3) is 0.500. The summed E-state index contributed by atoms with van der Waals surface area (Å²) < 4.78 is 6.49. The van der Waals surface area contributed by atoms with Gasteiger partial charge in [0.25, 0.3) is 5.91 Å². The molecule has 2 amide bonds. The number of fused-ring (bicyclic) bond motifs is 2. The summed E-state index contributed by atoms with van der Waals surface area (Å²) in [5.74, 6) is -1.45. The summed E-state index contributed by atoms with van der Waals surface area (Å²) >= 11 is 0. The Balaban J connectivity index is 0.00000308. The van der Waals surface area contributed by atoms with E-state index in [1.54, 1.807) is 0 Å². The standard InChI is InChI=1S/C30H35N3O5.ClH/c34-28-22-8-2-1-6-20(22)17-32(28)18-25-27-19(7-5-11-26(27)38-21-12-14-31-16-21)13-15-33(25)29(35)23-9-3-4-10-24(23)30(36)37;/h1-2,5-8,11,21,23-25,31H,3-4,9-10,12-18H2,(H,36,37);1H/t21-,23?,24?,25+;/m0./s1. The highest BCUT2D eigenvalue weighted by Crippen LogP contribution is 2.42. The lowest BCUT2D eigenvalue weighted by Crippen LogP contribution is -2.50. The Bertz CT molecular complexity index is 1250. The Morgan fingerprint density at radius 3 is 2.51 bits per heavy atom. The van der Waals surface area contributed by atoms with Gasteiger partial charge in [-0.25, -0.2) is 0 Å². The van der Waals surface area contributed by atoms with Crippen molar-refractivity contribution in [2.24, 2.45) is 11.8 Å². The molecular weight excluding hydrogens is 518 g/mol. The number of carboxylic acids is 1. The molecule has 6 rings (SSSR count). The molecule has 208 valence electrons. The highest BCUT2D eigenvalue weighted by atomic mass is 35.5. The van der Waals surface area contributed by atoms with Gasteiger partial charge in [0.05, 0.1) is 17.9 Å². The first-order valence-corrected chi connectivity index (χ1v) is 13.9. The third-order valence-electron chi connectivity index (χ3n) is 8.77. The third kappa shape index (κ3) is 5.24. The molecule has 0 radical (unpaired) electrons. The second-order valence-electron chi connectivity index (χ2n) is 11.0. The first-order valence-electron chi connectivity index (χ1n) is 13.9. The molecule has 3 heterocycles. The van der Waals surface area contributed by atoms with Crippen LogP contribution in [0.15, 0.2) is 42.5 Å². The van der Waals surface area contributed by atoms with Gasteiger partial charge in [0.1, 0.15) is 11.9 Å². The fourth-order valence-electron chi connectivity index (χ4n) is 6.81. The largest absolute Gasteiger partial charge is 0.489 e. The minimum absolute atomic E-state index is 0. The molecule has 2 unspecified atom stereocenters. The molecule has 2 fully saturated rings. The van der Waals surface area contributed by atoms with Gasteiger partial charge < -0.3 is 25.0 Å². The maximum atomic E-state index is 14.1. The van der Waals surface area contributed by atoms with Gasteiger partial charge in [0, 0.05) is 37.3 Å². The average molecular weight is 554 g/mol. The van der Waals surface area contributed by atoms with Gasteiger partial charge in [-0.15, -0.1) is 12.4 Å². The van der Waals surface area contributed by atoms with Crippen molar-refractivity contribution in [3.05, 3.63) is 64.7 Å². The summed E-state index contributed by atoms with van der Waals surface area (Å²) in [5, 5.41) is 13.2. The number of rotatable bonds is 6. The zero-order chi connectivity index (χ0) is 26.2. The van der Waals surface area contributed by atoms with Crippen LogP contribution in [0.25, 0.3) is 0 Å². The van der Waals surface area contributed by atoms with Gasteiger partial charge in [0.15, 0.2) is 0 Å². The SMILES string of the molecule is Cl.O=C(O)C1CCCCC1C(=O)N1CCc2cccc(O[C@H]3CCNC3)c2[C@H]1CN1Cc2ccccc2C1=O. The normalized spacial score (nSPS) is 26.0. The lowest BCUT2D eigenvalue weighted by molar-refractivity contribution is -0.153. The summed E-state index contributed by atoms with van der Waals surface area (Å²) in [6.07, 6.45) is 4.46. The van der Waals surface area contributed by atoms with Gasteiger partial charge in [-0.3, -0.25) is 14.4 Å². The van der Waals surface area contributed by atoms with Crippen molar-refractivity contribution in [3.8, 4) is 5.75 Å². The van der Waals surface area contributed by atoms with Crippen molar-refractivity contribution in [1.29, 1.82) is 0 Å². The van der Waals surface area contributed by atoms with Crippen LogP contribution >= 0.6 is 12.4 Å². The van der Waals surface area contributed by atoms with Crippen LogP contribution in [0.3, 0.4) is 0 Å². The third-order valence-corrected chi connectivity index (χ3v) is 8.77. The molecule has 2 aromatic carbocycles. The number of nitrogens with zero attached hydrogens (tertiary/aromatic N) is 2. The van der Waals surface area contributed by atoms with E-state index in [0.717, 1.165) is 54.8 Å². The van der Waals surface area contributed by atoms with E-state index in [4.69, 9.17) is 4.74 Å². The van der Waals surface area contributed by atoms with Crippen LogP contribution in [0.1, 0.15) is 65.2 Å². The lowest BCUT2D eigenvalue weighted by atomic mass is 9.77. The Labute approximate surface area is 235 Å². The second-order valence-corrected chi connectivity index (χ2v) is 11.0. The number of hydrogen-bond acceptors (Lipinski definition) is 5. The summed E-state index contributed by atoms with van der Waals surface area (Å²) in [5.41, 5.74) is 3.79. The van der Waals surface area contributed by atoms with Crippen LogP contribution in [0, 0.1) is 11.8 Å². The number of carboxylic acid groups (broad SMARTS) is 1. The zero-order valence-corrected chi connectivity index (χ0v) is 22.8. The van der Waals surface area contributed by atoms with E-state index in [1.807, 2.05) is 46.2 Å². The van der Waals surface area contributed by atoms with Crippen molar-refractivity contribution < 1.29 is 24.2 Å². The van der Waals surface area contributed by atoms with Crippen molar-refractivity contribution >= 4 is 30.2 Å². The molecule has 3 aliphatic heterocycles.